The van der Waals surface area contributed by atoms with Gasteiger partial charge in [-0.1, -0.05) is 49.4 Å². The third-order valence-corrected chi connectivity index (χ3v) is 4.43. The number of fused-ring (bicyclic) bond motifs is 1. The lowest BCUT2D eigenvalue weighted by Crippen LogP contribution is -2.30. The minimum atomic E-state index is -0.132. The number of rotatable bonds is 8. The molecule has 1 atom stereocenters. The van der Waals surface area contributed by atoms with E-state index in [1.54, 1.807) is 4.68 Å². The number of aliphatic hydroxyl groups excluding tert-OH is 1. The number of nitrogens with one attached hydrogen (secondary N) is 2. The van der Waals surface area contributed by atoms with Gasteiger partial charge in [0.05, 0.1) is 18.7 Å². The SMILES string of the molecule is CC(C)[C@H](CO)Nc1nc(NCc2ccccc2)c2nnn(C(C)C)c2n1. The minimum absolute atomic E-state index is 0.00747. The van der Waals surface area contributed by atoms with Crippen molar-refractivity contribution in [3.8, 4) is 0 Å². The maximum absolute atomic E-state index is 9.63. The van der Waals surface area contributed by atoms with Crippen molar-refractivity contribution in [3.63, 3.8) is 0 Å². The van der Waals surface area contributed by atoms with Crippen LogP contribution in [0.2, 0.25) is 0 Å². The molecular formula is C19H27N7O. The molecule has 0 spiro atoms. The van der Waals surface area contributed by atoms with Crippen LogP contribution in [0.15, 0.2) is 30.3 Å². The van der Waals surface area contributed by atoms with Crippen molar-refractivity contribution in [1.29, 1.82) is 0 Å². The molecule has 0 saturated carbocycles. The summed E-state index contributed by atoms with van der Waals surface area (Å²) >= 11 is 0. The van der Waals surface area contributed by atoms with E-state index in [4.69, 9.17) is 0 Å². The lowest BCUT2D eigenvalue weighted by molar-refractivity contribution is 0.248. The Morgan fingerprint density at radius 1 is 1.07 bits per heavy atom. The van der Waals surface area contributed by atoms with E-state index in [0.29, 0.717) is 29.5 Å². The number of nitrogens with zero attached hydrogens (tertiary/aromatic N) is 5. The van der Waals surface area contributed by atoms with E-state index >= 15 is 0 Å². The first-order chi connectivity index (χ1) is 13.0. The molecule has 27 heavy (non-hydrogen) atoms. The number of hydrogen-bond acceptors (Lipinski definition) is 7. The third kappa shape index (κ3) is 4.33. The molecule has 0 radical (unpaired) electrons. The Morgan fingerprint density at radius 3 is 2.44 bits per heavy atom. The second-order valence-electron chi connectivity index (χ2n) is 7.21. The van der Waals surface area contributed by atoms with Crippen LogP contribution in [-0.2, 0) is 6.54 Å². The monoisotopic (exact) mass is 369 g/mol. The van der Waals surface area contributed by atoms with Crippen LogP contribution >= 0.6 is 0 Å². The van der Waals surface area contributed by atoms with Crippen LogP contribution in [0.4, 0.5) is 11.8 Å². The summed E-state index contributed by atoms with van der Waals surface area (Å²) < 4.78 is 1.78. The average molecular weight is 369 g/mol. The molecule has 3 N–H and O–H groups in total. The molecule has 3 rings (SSSR count). The van der Waals surface area contributed by atoms with Gasteiger partial charge in [-0.3, -0.25) is 0 Å². The Bertz CT molecular complexity index is 876. The highest BCUT2D eigenvalue weighted by Gasteiger charge is 2.19. The molecule has 2 aromatic heterocycles. The van der Waals surface area contributed by atoms with Gasteiger partial charge in [0.1, 0.15) is 0 Å². The Morgan fingerprint density at radius 2 is 1.81 bits per heavy atom. The summed E-state index contributed by atoms with van der Waals surface area (Å²) in [6.07, 6.45) is 0. The third-order valence-electron chi connectivity index (χ3n) is 4.43. The summed E-state index contributed by atoms with van der Waals surface area (Å²) in [5.74, 6) is 1.32. The molecule has 0 fully saturated rings. The molecule has 0 unspecified atom stereocenters. The van der Waals surface area contributed by atoms with E-state index in [-0.39, 0.29) is 24.6 Å². The highest BCUT2D eigenvalue weighted by molar-refractivity contribution is 5.83. The largest absolute Gasteiger partial charge is 0.394 e. The first-order valence-corrected chi connectivity index (χ1v) is 9.27. The summed E-state index contributed by atoms with van der Waals surface area (Å²) in [4.78, 5) is 9.21. The van der Waals surface area contributed by atoms with Crippen LogP contribution < -0.4 is 10.6 Å². The zero-order chi connectivity index (χ0) is 19.4. The van der Waals surface area contributed by atoms with Gasteiger partial charge in [-0.25, -0.2) is 4.68 Å². The second kappa shape index (κ2) is 8.30. The van der Waals surface area contributed by atoms with E-state index in [1.165, 1.54) is 0 Å². The molecular weight excluding hydrogens is 342 g/mol. The smallest absolute Gasteiger partial charge is 0.227 e. The number of hydrogen-bond donors (Lipinski definition) is 3. The number of benzene rings is 1. The van der Waals surface area contributed by atoms with Crippen molar-refractivity contribution in [2.45, 2.75) is 46.3 Å². The van der Waals surface area contributed by atoms with Crippen molar-refractivity contribution in [2.24, 2.45) is 5.92 Å². The van der Waals surface area contributed by atoms with Crippen molar-refractivity contribution < 1.29 is 5.11 Å². The molecule has 144 valence electrons. The lowest BCUT2D eigenvalue weighted by atomic mass is 10.1. The molecule has 3 aromatic rings. The molecule has 2 heterocycles. The van der Waals surface area contributed by atoms with E-state index in [0.717, 1.165) is 5.56 Å². The van der Waals surface area contributed by atoms with Crippen LogP contribution in [0.1, 0.15) is 39.3 Å². The van der Waals surface area contributed by atoms with Crippen molar-refractivity contribution >= 4 is 22.9 Å². The van der Waals surface area contributed by atoms with Crippen molar-refractivity contribution in [3.05, 3.63) is 35.9 Å². The Kier molecular flexibility index (Phi) is 5.85. The molecule has 0 bridgehead atoms. The molecule has 0 aliphatic heterocycles. The van der Waals surface area contributed by atoms with E-state index in [9.17, 15) is 5.11 Å². The van der Waals surface area contributed by atoms with Crippen LogP contribution in [0, 0.1) is 5.92 Å². The van der Waals surface area contributed by atoms with Gasteiger partial charge in [-0.15, -0.1) is 5.10 Å². The fourth-order valence-corrected chi connectivity index (χ4v) is 2.74. The summed E-state index contributed by atoms with van der Waals surface area (Å²) in [7, 11) is 0. The molecule has 1 aromatic carbocycles. The Labute approximate surface area is 159 Å². The topological polar surface area (TPSA) is 101 Å². The second-order valence-corrected chi connectivity index (χ2v) is 7.21. The van der Waals surface area contributed by atoms with Crippen LogP contribution in [0.25, 0.3) is 11.2 Å². The molecule has 0 aliphatic rings. The number of aromatic nitrogens is 5. The quantitative estimate of drug-likeness (QED) is 0.561. The van der Waals surface area contributed by atoms with E-state index in [2.05, 4.69) is 43.0 Å². The molecule has 8 nitrogen and oxygen atoms in total. The van der Waals surface area contributed by atoms with Crippen molar-refractivity contribution in [2.75, 3.05) is 17.2 Å². The first kappa shape index (κ1) is 19.0. The minimum Gasteiger partial charge on any atom is -0.394 e. The van der Waals surface area contributed by atoms with Gasteiger partial charge in [0.25, 0.3) is 0 Å². The van der Waals surface area contributed by atoms with Crippen LogP contribution in [0.3, 0.4) is 0 Å². The average Bonchev–Trinajstić information content (AvgIpc) is 3.09. The van der Waals surface area contributed by atoms with Crippen LogP contribution in [-0.4, -0.2) is 42.7 Å². The highest BCUT2D eigenvalue weighted by Crippen LogP contribution is 2.23. The maximum atomic E-state index is 9.63. The molecule has 0 aliphatic carbocycles. The van der Waals surface area contributed by atoms with Gasteiger partial charge < -0.3 is 15.7 Å². The molecule has 0 amide bonds. The van der Waals surface area contributed by atoms with Crippen LogP contribution in [0.5, 0.6) is 0 Å². The van der Waals surface area contributed by atoms with Gasteiger partial charge >= 0.3 is 0 Å². The normalized spacial score (nSPS) is 12.7. The standard InChI is InChI=1S/C19H27N7O/c1-12(2)15(11-27)21-19-22-17(20-10-14-8-6-5-7-9-14)16-18(23-19)26(13(3)4)25-24-16/h5-9,12-13,15,27H,10-11H2,1-4H3,(H2,20,21,22,23)/t15-/m0/s1. The van der Waals surface area contributed by atoms with Gasteiger partial charge in [0.15, 0.2) is 17.0 Å². The van der Waals surface area contributed by atoms with Gasteiger partial charge in [0, 0.05) is 6.54 Å². The summed E-state index contributed by atoms with van der Waals surface area (Å²) in [6.45, 7) is 8.78. The Balaban J connectivity index is 1.96. The Hall–Kier alpha value is -2.74. The first-order valence-electron chi connectivity index (χ1n) is 9.27. The summed E-state index contributed by atoms with van der Waals surface area (Å²) in [6, 6.07) is 10.1. The van der Waals surface area contributed by atoms with E-state index < -0.39 is 0 Å². The molecule has 8 heteroatoms. The van der Waals surface area contributed by atoms with Gasteiger partial charge in [0.2, 0.25) is 5.95 Å². The van der Waals surface area contributed by atoms with E-state index in [1.807, 2.05) is 45.9 Å². The zero-order valence-corrected chi connectivity index (χ0v) is 16.2. The predicted octanol–water partition coefficient (Wildman–Crippen LogP) is 2.84. The lowest BCUT2D eigenvalue weighted by Gasteiger charge is -2.20. The number of aliphatic hydroxyl groups is 1. The summed E-state index contributed by atoms with van der Waals surface area (Å²) in [5.41, 5.74) is 2.44. The maximum Gasteiger partial charge on any atom is 0.227 e. The van der Waals surface area contributed by atoms with Gasteiger partial charge in [-0.2, -0.15) is 9.97 Å². The molecule has 0 saturated heterocycles. The summed E-state index contributed by atoms with van der Waals surface area (Å²) in [5, 5.41) is 24.7. The number of anilines is 2. The predicted molar refractivity (Wildman–Crippen MR) is 107 cm³/mol. The fourth-order valence-electron chi connectivity index (χ4n) is 2.74. The van der Waals surface area contributed by atoms with Gasteiger partial charge in [-0.05, 0) is 25.3 Å². The fraction of sp³-hybridized carbons (Fsp3) is 0.474. The highest BCUT2D eigenvalue weighted by atomic mass is 16.3. The zero-order valence-electron chi connectivity index (χ0n) is 16.2. The van der Waals surface area contributed by atoms with Crippen molar-refractivity contribution in [1.82, 2.24) is 25.0 Å².